The lowest BCUT2D eigenvalue weighted by Gasteiger charge is -2.15. The number of benzene rings is 1. The van der Waals surface area contributed by atoms with Gasteiger partial charge in [0.05, 0.1) is 5.69 Å². The van der Waals surface area contributed by atoms with E-state index < -0.39 is 0 Å². The molecule has 1 unspecified atom stereocenters. The van der Waals surface area contributed by atoms with Crippen LogP contribution in [0.5, 0.6) is 0 Å². The number of nitrogens with one attached hydrogen (secondary N) is 1. The maximum Gasteiger partial charge on any atom is 0.124 e. The van der Waals surface area contributed by atoms with E-state index in [9.17, 15) is 0 Å². The van der Waals surface area contributed by atoms with Crippen LogP contribution in [0.25, 0.3) is 0 Å². The van der Waals surface area contributed by atoms with Gasteiger partial charge >= 0.3 is 0 Å². The molecule has 1 aromatic carbocycles. The minimum Gasteiger partial charge on any atom is -0.370 e. The van der Waals surface area contributed by atoms with Crippen molar-refractivity contribution in [1.82, 2.24) is 9.78 Å². The van der Waals surface area contributed by atoms with E-state index in [1.165, 1.54) is 42.8 Å². The molecule has 1 aliphatic heterocycles. The van der Waals surface area contributed by atoms with Gasteiger partial charge in [0, 0.05) is 30.1 Å². The summed E-state index contributed by atoms with van der Waals surface area (Å²) in [4.78, 5) is 0. The van der Waals surface area contributed by atoms with Crippen LogP contribution in [-0.2, 0) is 6.54 Å². The van der Waals surface area contributed by atoms with Gasteiger partial charge in [-0.25, -0.2) is 4.68 Å². The second-order valence-corrected chi connectivity index (χ2v) is 6.49. The number of fused-ring (bicyclic) bond motifs is 1. The normalized spacial score (nSPS) is 15.7. The number of hydrogen-bond donors (Lipinski definition) is 1. The summed E-state index contributed by atoms with van der Waals surface area (Å²) in [6.07, 6.45) is 5.96. The smallest absolute Gasteiger partial charge is 0.124 e. The molecule has 3 nitrogen and oxygen atoms in total. The summed E-state index contributed by atoms with van der Waals surface area (Å²) in [5.41, 5.74) is 2.49. The number of nitrogens with zero attached hydrogens (tertiary/aromatic N) is 2. The Hall–Kier alpha value is -1.48. The second kappa shape index (κ2) is 7.19. The van der Waals surface area contributed by atoms with E-state index in [1.54, 1.807) is 0 Å². The van der Waals surface area contributed by atoms with Gasteiger partial charge in [0.25, 0.3) is 0 Å². The highest BCUT2D eigenvalue weighted by Gasteiger charge is 2.20. The number of aromatic nitrogens is 2. The third-order valence-corrected chi connectivity index (χ3v) is 4.63. The largest absolute Gasteiger partial charge is 0.370 e. The zero-order chi connectivity index (χ0) is 15.4. The number of anilines is 1. The van der Waals surface area contributed by atoms with Crippen LogP contribution in [0.2, 0.25) is 5.02 Å². The summed E-state index contributed by atoms with van der Waals surface area (Å²) in [6, 6.07) is 10.5. The maximum absolute atomic E-state index is 6.04. The molecule has 0 bridgehead atoms. The van der Waals surface area contributed by atoms with E-state index in [-0.39, 0.29) is 0 Å². The molecule has 4 heteroatoms. The molecule has 0 saturated carbocycles. The summed E-state index contributed by atoms with van der Waals surface area (Å²) in [5.74, 6) is 1.53. The van der Waals surface area contributed by atoms with Gasteiger partial charge in [-0.2, -0.15) is 5.10 Å². The highest BCUT2D eigenvalue weighted by Crippen LogP contribution is 2.31. The molecule has 3 rings (SSSR count). The van der Waals surface area contributed by atoms with Crippen molar-refractivity contribution in [2.45, 2.75) is 51.5 Å². The number of rotatable bonds is 5. The number of unbranched alkanes of at least 4 members (excludes halogenated alkanes) is 1. The van der Waals surface area contributed by atoms with Crippen LogP contribution < -0.4 is 5.32 Å². The Morgan fingerprint density at radius 3 is 2.86 bits per heavy atom. The fraction of sp³-hybridized carbons (Fsp3) is 0.500. The van der Waals surface area contributed by atoms with Crippen LogP contribution in [-0.4, -0.2) is 16.3 Å². The Morgan fingerprint density at radius 2 is 2.09 bits per heavy atom. The molecule has 2 aromatic rings. The van der Waals surface area contributed by atoms with Crippen molar-refractivity contribution in [2.75, 3.05) is 11.9 Å². The van der Waals surface area contributed by atoms with Crippen molar-refractivity contribution >= 4 is 17.4 Å². The Morgan fingerprint density at radius 1 is 1.27 bits per heavy atom. The van der Waals surface area contributed by atoms with Gasteiger partial charge in [-0.1, -0.05) is 43.5 Å². The van der Waals surface area contributed by atoms with E-state index in [0.29, 0.717) is 5.92 Å². The lowest BCUT2D eigenvalue weighted by Crippen LogP contribution is -2.05. The van der Waals surface area contributed by atoms with Crippen LogP contribution in [0.3, 0.4) is 0 Å². The molecular formula is C18H24ClN3. The van der Waals surface area contributed by atoms with Gasteiger partial charge in [0.2, 0.25) is 0 Å². The molecule has 0 spiro atoms. The summed E-state index contributed by atoms with van der Waals surface area (Å²) in [6.45, 7) is 4.30. The van der Waals surface area contributed by atoms with Gasteiger partial charge in [-0.05, 0) is 37.0 Å². The van der Waals surface area contributed by atoms with Crippen molar-refractivity contribution in [1.29, 1.82) is 0 Å². The van der Waals surface area contributed by atoms with Crippen LogP contribution in [0, 0.1) is 0 Å². The summed E-state index contributed by atoms with van der Waals surface area (Å²) >= 11 is 6.04. The average molecular weight is 318 g/mol. The molecule has 1 atom stereocenters. The lowest BCUT2D eigenvalue weighted by atomic mass is 9.91. The SMILES string of the molecule is CCCCC(c1ccc(Cl)cc1)c1cc2n(n1)CCCCN2. The first-order valence-electron chi connectivity index (χ1n) is 8.35. The molecule has 0 saturated heterocycles. The molecule has 22 heavy (non-hydrogen) atoms. The van der Waals surface area contributed by atoms with Gasteiger partial charge in [0.15, 0.2) is 0 Å². The minimum absolute atomic E-state index is 0.360. The Kier molecular flexibility index (Phi) is 5.04. The van der Waals surface area contributed by atoms with Gasteiger partial charge in [-0.3, -0.25) is 0 Å². The average Bonchev–Trinajstić information content (AvgIpc) is 2.80. The summed E-state index contributed by atoms with van der Waals surface area (Å²) in [5, 5.41) is 9.17. The van der Waals surface area contributed by atoms with Crippen molar-refractivity contribution in [2.24, 2.45) is 0 Å². The monoisotopic (exact) mass is 317 g/mol. The van der Waals surface area contributed by atoms with E-state index in [0.717, 1.165) is 24.5 Å². The number of halogens is 1. The fourth-order valence-electron chi connectivity index (χ4n) is 3.11. The molecule has 0 fully saturated rings. The first-order chi connectivity index (χ1) is 10.8. The van der Waals surface area contributed by atoms with Crippen LogP contribution in [0.4, 0.5) is 5.82 Å². The fourth-order valence-corrected chi connectivity index (χ4v) is 3.24. The zero-order valence-electron chi connectivity index (χ0n) is 13.2. The predicted octanol–water partition coefficient (Wildman–Crippen LogP) is 5.06. The van der Waals surface area contributed by atoms with Gasteiger partial charge in [0.1, 0.15) is 5.82 Å². The van der Waals surface area contributed by atoms with E-state index in [2.05, 4.69) is 35.1 Å². The summed E-state index contributed by atoms with van der Waals surface area (Å²) in [7, 11) is 0. The molecule has 1 aliphatic rings. The maximum atomic E-state index is 6.04. The predicted molar refractivity (Wildman–Crippen MR) is 92.8 cm³/mol. The van der Waals surface area contributed by atoms with Crippen LogP contribution in [0.15, 0.2) is 30.3 Å². The van der Waals surface area contributed by atoms with E-state index >= 15 is 0 Å². The molecular weight excluding hydrogens is 294 g/mol. The Bertz CT molecular complexity index is 580. The second-order valence-electron chi connectivity index (χ2n) is 6.06. The number of hydrogen-bond acceptors (Lipinski definition) is 2. The molecule has 0 radical (unpaired) electrons. The van der Waals surface area contributed by atoms with Crippen molar-refractivity contribution in [3.8, 4) is 0 Å². The van der Waals surface area contributed by atoms with Crippen LogP contribution >= 0.6 is 11.6 Å². The Labute approximate surface area is 137 Å². The van der Waals surface area contributed by atoms with Crippen molar-refractivity contribution in [3.05, 3.63) is 46.6 Å². The highest BCUT2D eigenvalue weighted by molar-refractivity contribution is 6.30. The third-order valence-electron chi connectivity index (χ3n) is 4.38. The molecule has 1 N–H and O–H groups in total. The first kappa shape index (κ1) is 15.4. The van der Waals surface area contributed by atoms with Gasteiger partial charge in [-0.15, -0.1) is 0 Å². The van der Waals surface area contributed by atoms with Crippen molar-refractivity contribution in [3.63, 3.8) is 0 Å². The first-order valence-corrected chi connectivity index (χ1v) is 8.73. The molecule has 0 amide bonds. The van der Waals surface area contributed by atoms with Gasteiger partial charge < -0.3 is 5.32 Å². The molecule has 1 aromatic heterocycles. The summed E-state index contributed by atoms with van der Waals surface area (Å²) < 4.78 is 2.14. The number of aryl methyl sites for hydroxylation is 1. The van der Waals surface area contributed by atoms with E-state index in [4.69, 9.17) is 16.7 Å². The molecule has 0 aliphatic carbocycles. The highest BCUT2D eigenvalue weighted by atomic mass is 35.5. The quantitative estimate of drug-likeness (QED) is 0.835. The standard InChI is InChI=1S/C18H24ClN3/c1-2-3-6-16(14-7-9-15(19)10-8-14)17-13-18-20-11-4-5-12-22(18)21-17/h7-10,13,16,20H,2-6,11-12H2,1H3. The van der Waals surface area contributed by atoms with Crippen LogP contribution in [0.1, 0.15) is 56.2 Å². The third kappa shape index (κ3) is 3.46. The minimum atomic E-state index is 0.360. The topological polar surface area (TPSA) is 29.9 Å². The lowest BCUT2D eigenvalue weighted by molar-refractivity contribution is 0.567. The molecule has 2 heterocycles. The van der Waals surface area contributed by atoms with E-state index in [1.807, 2.05) is 12.1 Å². The zero-order valence-corrected chi connectivity index (χ0v) is 13.9. The van der Waals surface area contributed by atoms with Crippen molar-refractivity contribution < 1.29 is 0 Å². The Balaban J connectivity index is 1.90. The molecule has 118 valence electrons.